The van der Waals surface area contributed by atoms with Crippen molar-refractivity contribution in [3.63, 3.8) is 0 Å². The molecule has 136 valence electrons. The molecule has 27 heavy (non-hydrogen) atoms. The summed E-state index contributed by atoms with van der Waals surface area (Å²) in [5.74, 6) is -1.56. The van der Waals surface area contributed by atoms with E-state index in [9.17, 15) is 18.8 Å². The number of carbonyl (C=O) groups is 1. The predicted molar refractivity (Wildman–Crippen MR) is 96.9 cm³/mol. The van der Waals surface area contributed by atoms with E-state index in [2.05, 4.69) is 16.4 Å². The first kappa shape index (κ1) is 18.3. The zero-order valence-corrected chi connectivity index (χ0v) is 14.4. The number of hydrogen-bond acceptors (Lipinski definition) is 5. The summed E-state index contributed by atoms with van der Waals surface area (Å²) >= 11 is 0. The average Bonchev–Trinajstić information content (AvgIpc) is 2.64. The Hall–Kier alpha value is -3.53. The molecule has 0 spiro atoms. The van der Waals surface area contributed by atoms with Gasteiger partial charge >= 0.3 is 5.97 Å². The van der Waals surface area contributed by atoms with Crippen LogP contribution in [0, 0.1) is 23.0 Å². The molecule has 0 aliphatic carbocycles. The van der Waals surface area contributed by atoms with Crippen molar-refractivity contribution in [2.24, 2.45) is 0 Å². The fourth-order valence-corrected chi connectivity index (χ4v) is 2.83. The molecule has 0 atom stereocenters. The Bertz CT molecular complexity index is 1040. The molecule has 0 unspecified atom stereocenters. The molecule has 0 fully saturated rings. The molecule has 3 rings (SSSR count). The van der Waals surface area contributed by atoms with Crippen LogP contribution in [0.25, 0.3) is 21.9 Å². The summed E-state index contributed by atoms with van der Waals surface area (Å²) in [5.41, 5.74) is 1.10. The minimum atomic E-state index is -0.709. The van der Waals surface area contributed by atoms with Gasteiger partial charge in [0.1, 0.15) is 24.0 Å². The third-order valence-electron chi connectivity index (χ3n) is 3.91. The minimum Gasteiger partial charge on any atom is -0.465 e. The molecule has 1 N–H and O–H groups in total. The molecule has 5 nitrogen and oxygen atoms in total. The van der Waals surface area contributed by atoms with Gasteiger partial charge in [-0.1, -0.05) is 12.1 Å². The van der Waals surface area contributed by atoms with E-state index in [0.29, 0.717) is 33.3 Å². The standard InChI is InChI=1S/C20H15F2N3O2/c1-2-27-18(26)11-25-20-19-12(9-23)4-3-5-16(19)17(10-24-20)13-6-14(21)8-15(22)7-13/h3-8,10H,2,11H2,1H3,(H,24,25). The quantitative estimate of drug-likeness (QED) is 0.689. The number of pyridine rings is 1. The van der Waals surface area contributed by atoms with E-state index < -0.39 is 17.6 Å². The van der Waals surface area contributed by atoms with Gasteiger partial charge in [-0.3, -0.25) is 4.79 Å². The van der Waals surface area contributed by atoms with Crippen LogP contribution in [-0.4, -0.2) is 24.1 Å². The normalized spacial score (nSPS) is 10.4. The van der Waals surface area contributed by atoms with E-state index in [0.717, 1.165) is 6.07 Å². The highest BCUT2D eigenvalue weighted by Gasteiger charge is 2.15. The lowest BCUT2D eigenvalue weighted by Crippen LogP contribution is -2.17. The Morgan fingerprint density at radius 2 is 2.00 bits per heavy atom. The molecule has 0 bridgehead atoms. The molecule has 1 heterocycles. The minimum absolute atomic E-state index is 0.121. The van der Waals surface area contributed by atoms with Gasteiger partial charge in [0, 0.05) is 23.2 Å². The van der Waals surface area contributed by atoms with Crippen LogP contribution in [0.4, 0.5) is 14.6 Å². The Kier molecular flexibility index (Phi) is 5.27. The molecule has 0 aliphatic rings. The van der Waals surface area contributed by atoms with Gasteiger partial charge in [0.2, 0.25) is 0 Å². The van der Waals surface area contributed by atoms with Crippen LogP contribution < -0.4 is 5.32 Å². The maximum absolute atomic E-state index is 13.6. The number of nitriles is 1. The second-order valence-corrected chi connectivity index (χ2v) is 5.68. The summed E-state index contributed by atoms with van der Waals surface area (Å²) in [5, 5.41) is 13.4. The molecule has 1 aromatic heterocycles. The van der Waals surface area contributed by atoms with Crippen LogP contribution in [-0.2, 0) is 9.53 Å². The second-order valence-electron chi connectivity index (χ2n) is 5.68. The van der Waals surface area contributed by atoms with Crippen molar-refractivity contribution < 1.29 is 18.3 Å². The topological polar surface area (TPSA) is 75.0 Å². The highest BCUT2D eigenvalue weighted by atomic mass is 19.1. The lowest BCUT2D eigenvalue weighted by Gasteiger charge is -2.13. The summed E-state index contributed by atoms with van der Waals surface area (Å²) in [4.78, 5) is 15.9. The summed E-state index contributed by atoms with van der Waals surface area (Å²) in [6, 6.07) is 10.3. The van der Waals surface area contributed by atoms with Gasteiger partial charge < -0.3 is 10.1 Å². The highest BCUT2D eigenvalue weighted by Crippen LogP contribution is 2.34. The summed E-state index contributed by atoms with van der Waals surface area (Å²) in [7, 11) is 0. The van der Waals surface area contributed by atoms with Crippen molar-refractivity contribution >= 4 is 22.6 Å². The number of ether oxygens (including phenoxy) is 1. The SMILES string of the molecule is CCOC(=O)CNc1ncc(-c2cc(F)cc(F)c2)c2cccc(C#N)c12. The lowest BCUT2D eigenvalue weighted by atomic mass is 9.97. The maximum atomic E-state index is 13.6. The highest BCUT2D eigenvalue weighted by molar-refractivity contribution is 6.05. The van der Waals surface area contributed by atoms with Crippen molar-refractivity contribution in [2.45, 2.75) is 6.92 Å². The number of nitrogens with one attached hydrogen (secondary N) is 1. The fourth-order valence-electron chi connectivity index (χ4n) is 2.83. The van der Waals surface area contributed by atoms with Gasteiger partial charge in [-0.25, -0.2) is 13.8 Å². The van der Waals surface area contributed by atoms with E-state index >= 15 is 0 Å². The van der Waals surface area contributed by atoms with Crippen molar-refractivity contribution in [1.82, 2.24) is 4.98 Å². The number of benzene rings is 2. The van der Waals surface area contributed by atoms with Crippen LogP contribution in [0.1, 0.15) is 12.5 Å². The number of esters is 1. The maximum Gasteiger partial charge on any atom is 0.325 e. The molecule has 0 radical (unpaired) electrons. The molecule has 0 saturated carbocycles. The molecule has 0 amide bonds. The van der Waals surface area contributed by atoms with Gasteiger partial charge in [0.05, 0.1) is 18.2 Å². The number of hydrogen-bond donors (Lipinski definition) is 1. The lowest BCUT2D eigenvalue weighted by molar-refractivity contribution is -0.140. The van der Waals surface area contributed by atoms with Crippen molar-refractivity contribution in [1.29, 1.82) is 5.26 Å². The molecule has 0 aliphatic heterocycles. The third-order valence-corrected chi connectivity index (χ3v) is 3.91. The first-order valence-corrected chi connectivity index (χ1v) is 8.21. The predicted octanol–water partition coefficient (Wildman–Crippen LogP) is 4.03. The molecule has 3 aromatic rings. The number of carbonyl (C=O) groups excluding carboxylic acids is 1. The van der Waals surface area contributed by atoms with Crippen LogP contribution in [0.5, 0.6) is 0 Å². The van der Waals surface area contributed by atoms with E-state index in [4.69, 9.17) is 4.74 Å². The van der Waals surface area contributed by atoms with Gasteiger partial charge in [0.15, 0.2) is 0 Å². The molecular formula is C20H15F2N3O2. The Balaban J connectivity index is 2.15. The van der Waals surface area contributed by atoms with Crippen molar-refractivity contribution in [3.05, 3.63) is 59.8 Å². The van der Waals surface area contributed by atoms with E-state index in [1.165, 1.54) is 18.3 Å². The van der Waals surface area contributed by atoms with Crippen LogP contribution >= 0.6 is 0 Å². The number of aromatic nitrogens is 1. The van der Waals surface area contributed by atoms with Gasteiger partial charge in [-0.2, -0.15) is 5.26 Å². The first-order valence-electron chi connectivity index (χ1n) is 8.21. The van der Waals surface area contributed by atoms with Gasteiger partial charge in [-0.05, 0) is 36.1 Å². The number of anilines is 1. The third kappa shape index (κ3) is 3.85. The second kappa shape index (κ2) is 7.79. The van der Waals surface area contributed by atoms with Crippen LogP contribution in [0.2, 0.25) is 0 Å². The van der Waals surface area contributed by atoms with Gasteiger partial charge in [0.25, 0.3) is 0 Å². The first-order chi connectivity index (χ1) is 13.0. The van der Waals surface area contributed by atoms with Crippen LogP contribution in [0.3, 0.4) is 0 Å². The molecule has 7 heteroatoms. The van der Waals surface area contributed by atoms with E-state index in [1.807, 2.05) is 0 Å². The fraction of sp³-hybridized carbons (Fsp3) is 0.150. The monoisotopic (exact) mass is 367 g/mol. The smallest absolute Gasteiger partial charge is 0.325 e. The Morgan fingerprint density at radius 3 is 2.67 bits per heavy atom. The number of nitrogens with zero attached hydrogens (tertiary/aromatic N) is 2. The summed E-state index contributed by atoms with van der Waals surface area (Å²) in [6.07, 6.45) is 1.45. The zero-order valence-electron chi connectivity index (χ0n) is 14.4. The van der Waals surface area contributed by atoms with Gasteiger partial charge in [-0.15, -0.1) is 0 Å². The Labute approximate surface area is 154 Å². The van der Waals surface area contributed by atoms with Crippen molar-refractivity contribution in [3.8, 4) is 17.2 Å². The van der Waals surface area contributed by atoms with E-state index in [1.54, 1.807) is 25.1 Å². The number of halogens is 2. The zero-order chi connectivity index (χ0) is 19.4. The largest absolute Gasteiger partial charge is 0.465 e. The summed E-state index contributed by atoms with van der Waals surface area (Å²) < 4.78 is 32.2. The number of fused-ring (bicyclic) bond motifs is 1. The molecular weight excluding hydrogens is 352 g/mol. The average molecular weight is 367 g/mol. The molecule has 2 aromatic carbocycles. The van der Waals surface area contributed by atoms with Crippen molar-refractivity contribution in [2.75, 3.05) is 18.5 Å². The van der Waals surface area contributed by atoms with Crippen LogP contribution in [0.15, 0.2) is 42.6 Å². The van der Waals surface area contributed by atoms with E-state index in [-0.39, 0.29) is 13.2 Å². The summed E-state index contributed by atoms with van der Waals surface area (Å²) in [6.45, 7) is 1.83. The molecule has 0 saturated heterocycles. The Morgan fingerprint density at radius 1 is 1.26 bits per heavy atom. The number of rotatable bonds is 5.